The van der Waals surface area contributed by atoms with Crippen molar-refractivity contribution < 1.29 is 24.9 Å². The van der Waals surface area contributed by atoms with Gasteiger partial charge in [-0.15, -0.1) is 0 Å². The lowest BCUT2D eigenvalue weighted by atomic mass is 9.84. The number of ketones is 2. The average Bonchev–Trinajstić information content (AvgIpc) is 2.95. The van der Waals surface area contributed by atoms with Crippen LogP contribution in [0.5, 0.6) is 0 Å². The minimum absolute atomic E-state index is 0.00170. The molecule has 1 aromatic carbocycles. The number of hydrogen-bond acceptors (Lipinski definition) is 5. The van der Waals surface area contributed by atoms with Gasteiger partial charge in [-0.05, 0) is 50.9 Å². The highest BCUT2D eigenvalue weighted by atomic mass is 16.3. The molecule has 28 heavy (non-hydrogen) atoms. The van der Waals surface area contributed by atoms with Crippen molar-refractivity contribution >= 4 is 11.6 Å². The molecule has 5 nitrogen and oxygen atoms in total. The molecular formula is C23H34O5. The predicted octanol–water partition coefficient (Wildman–Crippen LogP) is 3.30. The Labute approximate surface area is 167 Å². The van der Waals surface area contributed by atoms with Crippen LogP contribution in [0.2, 0.25) is 0 Å². The minimum Gasteiger partial charge on any atom is -0.393 e. The third kappa shape index (κ3) is 6.80. The number of unbranched alkanes of at least 4 members (excludes halogenated alkanes) is 3. The summed E-state index contributed by atoms with van der Waals surface area (Å²) in [7, 11) is 0. The maximum atomic E-state index is 12.3. The first-order chi connectivity index (χ1) is 13.4. The summed E-state index contributed by atoms with van der Waals surface area (Å²) in [5, 5.41) is 30.9. The average molecular weight is 391 g/mol. The van der Waals surface area contributed by atoms with E-state index in [9.17, 15) is 24.9 Å². The first kappa shape index (κ1) is 22.7. The summed E-state index contributed by atoms with van der Waals surface area (Å²) in [5.41, 5.74) is 0.490. The van der Waals surface area contributed by atoms with Crippen molar-refractivity contribution in [3.8, 4) is 0 Å². The van der Waals surface area contributed by atoms with E-state index in [1.165, 1.54) is 0 Å². The summed E-state index contributed by atoms with van der Waals surface area (Å²) in [6.45, 7) is 1.61. The van der Waals surface area contributed by atoms with Gasteiger partial charge in [0, 0.05) is 12.0 Å². The molecule has 3 N–H and O–H groups in total. The van der Waals surface area contributed by atoms with Crippen LogP contribution < -0.4 is 0 Å². The van der Waals surface area contributed by atoms with Crippen LogP contribution in [-0.4, -0.2) is 45.2 Å². The molecule has 1 aliphatic carbocycles. The zero-order chi connectivity index (χ0) is 20.5. The van der Waals surface area contributed by atoms with Gasteiger partial charge in [0.15, 0.2) is 5.78 Å². The van der Waals surface area contributed by atoms with Crippen LogP contribution in [0.3, 0.4) is 0 Å². The van der Waals surface area contributed by atoms with Gasteiger partial charge in [0.25, 0.3) is 0 Å². The Balaban J connectivity index is 1.79. The summed E-state index contributed by atoms with van der Waals surface area (Å²) < 4.78 is 0. The largest absolute Gasteiger partial charge is 0.393 e. The van der Waals surface area contributed by atoms with E-state index in [1.807, 2.05) is 6.07 Å². The molecule has 1 unspecified atom stereocenters. The van der Waals surface area contributed by atoms with Gasteiger partial charge < -0.3 is 20.1 Å². The molecule has 0 saturated heterocycles. The van der Waals surface area contributed by atoms with Crippen LogP contribution in [0.25, 0.3) is 0 Å². The molecule has 1 aromatic rings. The van der Waals surface area contributed by atoms with E-state index in [0.717, 1.165) is 32.1 Å². The van der Waals surface area contributed by atoms with Crippen molar-refractivity contribution in [1.82, 2.24) is 0 Å². The maximum absolute atomic E-state index is 12.3. The number of hydrogen-bond donors (Lipinski definition) is 3. The number of carbonyl (C=O) groups excluding carboxylic acids is 2. The van der Waals surface area contributed by atoms with Crippen molar-refractivity contribution in [2.75, 3.05) is 0 Å². The molecule has 156 valence electrons. The molecule has 0 spiro atoms. The third-order valence-electron chi connectivity index (χ3n) is 5.97. The highest BCUT2D eigenvalue weighted by molar-refractivity contribution is 5.99. The van der Waals surface area contributed by atoms with Crippen molar-refractivity contribution in [1.29, 1.82) is 0 Å². The number of benzene rings is 1. The van der Waals surface area contributed by atoms with Crippen LogP contribution in [0.15, 0.2) is 30.3 Å². The first-order valence-corrected chi connectivity index (χ1v) is 10.5. The van der Waals surface area contributed by atoms with Crippen molar-refractivity contribution in [2.24, 2.45) is 11.8 Å². The number of carbonyl (C=O) groups is 2. The second kappa shape index (κ2) is 11.4. The Morgan fingerprint density at radius 2 is 1.57 bits per heavy atom. The highest BCUT2D eigenvalue weighted by Crippen LogP contribution is 2.39. The molecule has 1 fully saturated rings. The van der Waals surface area contributed by atoms with Gasteiger partial charge in [0.2, 0.25) is 0 Å². The summed E-state index contributed by atoms with van der Waals surface area (Å²) in [5.74, 6) is -0.166. The first-order valence-electron chi connectivity index (χ1n) is 10.5. The molecule has 0 heterocycles. The van der Waals surface area contributed by atoms with Crippen LogP contribution in [-0.2, 0) is 4.79 Å². The molecule has 0 radical (unpaired) electrons. The predicted molar refractivity (Wildman–Crippen MR) is 108 cm³/mol. The van der Waals surface area contributed by atoms with Crippen LogP contribution >= 0.6 is 0 Å². The standard InChI is InChI=1S/C23H34O5/c1-16(24)9-5-2-3-8-12-18-19(22(27)15-21(18)26)13-14-20(25)23(28)17-10-6-4-7-11-17/h4,6-7,10-11,18-22,25-27H,2-3,5,8-9,12-15H2,1H3/t18-,19-,20?,21+,22-/m1/s1. The van der Waals surface area contributed by atoms with Gasteiger partial charge in [0.1, 0.15) is 11.9 Å². The van der Waals surface area contributed by atoms with Gasteiger partial charge in [-0.25, -0.2) is 0 Å². The molecule has 1 saturated carbocycles. The summed E-state index contributed by atoms with van der Waals surface area (Å²) in [4.78, 5) is 23.3. The lowest BCUT2D eigenvalue weighted by molar-refractivity contribution is -0.117. The maximum Gasteiger partial charge on any atom is 0.191 e. The molecule has 0 bridgehead atoms. The molecule has 0 aromatic heterocycles. The summed E-state index contributed by atoms with van der Waals surface area (Å²) in [6.07, 6.45) is 4.29. The quantitative estimate of drug-likeness (QED) is 0.376. The smallest absolute Gasteiger partial charge is 0.191 e. The zero-order valence-electron chi connectivity index (χ0n) is 16.8. The number of rotatable bonds is 12. The molecule has 1 aliphatic rings. The van der Waals surface area contributed by atoms with Crippen LogP contribution in [0.1, 0.15) is 75.1 Å². The minimum atomic E-state index is -1.08. The van der Waals surface area contributed by atoms with Crippen molar-refractivity contribution in [2.45, 2.75) is 83.0 Å². The molecular weight excluding hydrogens is 356 g/mol. The number of aliphatic hydroxyl groups excluding tert-OH is 3. The van der Waals surface area contributed by atoms with E-state index in [4.69, 9.17) is 0 Å². The fourth-order valence-electron chi connectivity index (χ4n) is 4.36. The van der Waals surface area contributed by atoms with Crippen molar-refractivity contribution in [3.05, 3.63) is 35.9 Å². The Morgan fingerprint density at radius 1 is 0.964 bits per heavy atom. The topological polar surface area (TPSA) is 94.8 Å². The summed E-state index contributed by atoms with van der Waals surface area (Å²) in [6, 6.07) is 8.74. The fourth-order valence-corrected chi connectivity index (χ4v) is 4.36. The van der Waals surface area contributed by atoms with Gasteiger partial charge in [0.05, 0.1) is 12.2 Å². The van der Waals surface area contributed by atoms with E-state index in [0.29, 0.717) is 24.8 Å². The molecule has 2 rings (SSSR count). The SMILES string of the molecule is CC(=O)CCCCCC[C@@H]1[C@@H](CCC(O)C(=O)c2ccccc2)[C@H](O)C[C@@H]1O. The van der Waals surface area contributed by atoms with E-state index < -0.39 is 18.3 Å². The van der Waals surface area contributed by atoms with Gasteiger partial charge in [-0.3, -0.25) is 4.79 Å². The molecule has 0 amide bonds. The Kier molecular flexibility index (Phi) is 9.29. The van der Waals surface area contributed by atoms with Crippen LogP contribution in [0.4, 0.5) is 0 Å². The molecule has 5 atom stereocenters. The Morgan fingerprint density at radius 3 is 2.21 bits per heavy atom. The van der Waals surface area contributed by atoms with E-state index in [1.54, 1.807) is 31.2 Å². The van der Waals surface area contributed by atoms with E-state index in [2.05, 4.69) is 0 Å². The zero-order valence-corrected chi connectivity index (χ0v) is 16.8. The Bertz CT molecular complexity index is 615. The van der Waals surface area contributed by atoms with Gasteiger partial charge >= 0.3 is 0 Å². The number of aliphatic hydroxyl groups is 3. The van der Waals surface area contributed by atoms with Crippen molar-refractivity contribution in [3.63, 3.8) is 0 Å². The van der Waals surface area contributed by atoms with Gasteiger partial charge in [-0.2, -0.15) is 0 Å². The summed E-state index contributed by atoms with van der Waals surface area (Å²) >= 11 is 0. The lowest BCUT2D eigenvalue weighted by Gasteiger charge is -2.24. The van der Waals surface area contributed by atoms with E-state index in [-0.39, 0.29) is 29.8 Å². The second-order valence-corrected chi connectivity index (χ2v) is 8.18. The van der Waals surface area contributed by atoms with Gasteiger partial charge in [-0.1, -0.05) is 49.6 Å². The second-order valence-electron chi connectivity index (χ2n) is 8.18. The molecule has 5 heteroatoms. The van der Waals surface area contributed by atoms with Crippen LogP contribution in [0, 0.1) is 11.8 Å². The number of Topliss-reactive ketones (excluding diaryl/α,β-unsaturated/α-hetero) is 2. The lowest BCUT2D eigenvalue weighted by Crippen LogP contribution is -2.26. The normalized spacial score (nSPS) is 25.6. The fraction of sp³-hybridized carbons (Fsp3) is 0.652. The highest BCUT2D eigenvalue weighted by Gasteiger charge is 2.41. The Hall–Kier alpha value is -1.56. The molecule has 0 aliphatic heterocycles. The van der Waals surface area contributed by atoms with E-state index >= 15 is 0 Å². The monoisotopic (exact) mass is 390 g/mol. The third-order valence-corrected chi connectivity index (χ3v) is 5.97.